The molecule has 4 N–H and O–H groups in total. The van der Waals surface area contributed by atoms with Gasteiger partial charge in [0.1, 0.15) is 0 Å². The van der Waals surface area contributed by atoms with Crippen molar-refractivity contribution in [1.29, 1.82) is 0 Å². The van der Waals surface area contributed by atoms with Crippen molar-refractivity contribution < 1.29 is 14.4 Å². The summed E-state index contributed by atoms with van der Waals surface area (Å²) in [6, 6.07) is 12.5. The molecule has 0 atom stereocenters. The van der Waals surface area contributed by atoms with E-state index in [1.807, 2.05) is 13.0 Å². The van der Waals surface area contributed by atoms with Crippen molar-refractivity contribution in [2.45, 2.75) is 27.2 Å². The standard InChI is InChI=1S/C20H24N4O3/c1-4-19(26)23-17-9-6-10-18(13(17)2)24-20(27)12-21-15-7-5-8-16(11-15)22-14(3)25/h5-11,21H,4,12H2,1-3H3,(H,22,25)(H,23,26)(H,24,27). The molecule has 0 spiro atoms. The van der Waals surface area contributed by atoms with Crippen LogP contribution in [0.5, 0.6) is 0 Å². The van der Waals surface area contributed by atoms with Gasteiger partial charge in [0.2, 0.25) is 17.7 Å². The molecule has 7 nitrogen and oxygen atoms in total. The summed E-state index contributed by atoms with van der Waals surface area (Å²) < 4.78 is 0. The molecule has 0 unspecified atom stereocenters. The van der Waals surface area contributed by atoms with Crippen molar-refractivity contribution in [2.24, 2.45) is 0 Å². The third kappa shape index (κ3) is 6.14. The quantitative estimate of drug-likeness (QED) is 0.602. The van der Waals surface area contributed by atoms with Gasteiger partial charge < -0.3 is 21.3 Å². The smallest absolute Gasteiger partial charge is 0.243 e. The van der Waals surface area contributed by atoms with E-state index in [1.165, 1.54) is 6.92 Å². The van der Waals surface area contributed by atoms with Crippen molar-refractivity contribution in [3.63, 3.8) is 0 Å². The van der Waals surface area contributed by atoms with E-state index in [0.29, 0.717) is 23.5 Å². The maximum Gasteiger partial charge on any atom is 0.243 e. The van der Waals surface area contributed by atoms with Gasteiger partial charge in [0, 0.05) is 36.1 Å². The van der Waals surface area contributed by atoms with E-state index in [0.717, 1.165) is 11.3 Å². The van der Waals surface area contributed by atoms with E-state index in [-0.39, 0.29) is 24.3 Å². The van der Waals surface area contributed by atoms with Gasteiger partial charge >= 0.3 is 0 Å². The molecule has 0 aliphatic rings. The van der Waals surface area contributed by atoms with Gasteiger partial charge in [-0.2, -0.15) is 0 Å². The monoisotopic (exact) mass is 368 g/mol. The average molecular weight is 368 g/mol. The molecular formula is C20H24N4O3. The fourth-order valence-electron chi connectivity index (χ4n) is 2.43. The minimum atomic E-state index is -0.220. The second-order valence-electron chi connectivity index (χ2n) is 6.04. The first-order valence-corrected chi connectivity index (χ1v) is 8.70. The van der Waals surface area contributed by atoms with Crippen LogP contribution in [0.25, 0.3) is 0 Å². The Morgan fingerprint density at radius 2 is 1.44 bits per heavy atom. The first-order chi connectivity index (χ1) is 12.9. The molecule has 0 aliphatic heterocycles. The second kappa shape index (κ2) is 9.38. The summed E-state index contributed by atoms with van der Waals surface area (Å²) in [4.78, 5) is 35.0. The van der Waals surface area contributed by atoms with E-state index in [2.05, 4.69) is 21.3 Å². The predicted molar refractivity (Wildman–Crippen MR) is 108 cm³/mol. The first-order valence-electron chi connectivity index (χ1n) is 8.70. The number of hydrogen-bond donors (Lipinski definition) is 4. The van der Waals surface area contributed by atoms with E-state index in [1.54, 1.807) is 43.3 Å². The van der Waals surface area contributed by atoms with Crippen molar-refractivity contribution in [2.75, 3.05) is 27.8 Å². The molecule has 0 aliphatic carbocycles. The molecule has 0 heterocycles. The lowest BCUT2D eigenvalue weighted by molar-refractivity contribution is -0.116. The molecule has 2 aromatic rings. The van der Waals surface area contributed by atoms with Gasteiger partial charge in [0.05, 0.1) is 6.54 Å². The van der Waals surface area contributed by atoms with Gasteiger partial charge in [-0.15, -0.1) is 0 Å². The van der Waals surface area contributed by atoms with Gasteiger partial charge in [-0.1, -0.05) is 19.1 Å². The van der Waals surface area contributed by atoms with Crippen LogP contribution >= 0.6 is 0 Å². The SMILES string of the molecule is CCC(=O)Nc1cccc(NC(=O)CNc2cccc(NC(C)=O)c2)c1C. The number of carbonyl (C=O) groups is 3. The van der Waals surface area contributed by atoms with Crippen LogP contribution in [0.1, 0.15) is 25.8 Å². The Labute approximate surface area is 158 Å². The van der Waals surface area contributed by atoms with Crippen molar-refractivity contribution >= 4 is 40.5 Å². The molecular weight excluding hydrogens is 344 g/mol. The predicted octanol–water partition coefficient (Wildman–Crippen LogP) is 3.35. The molecule has 7 heteroatoms. The number of amides is 3. The number of benzene rings is 2. The minimum absolute atomic E-state index is 0.0640. The highest BCUT2D eigenvalue weighted by molar-refractivity contribution is 5.97. The molecule has 0 aromatic heterocycles. The van der Waals surface area contributed by atoms with Crippen molar-refractivity contribution in [3.8, 4) is 0 Å². The Morgan fingerprint density at radius 3 is 2.07 bits per heavy atom. The van der Waals surface area contributed by atoms with E-state index < -0.39 is 0 Å². The van der Waals surface area contributed by atoms with Crippen LogP contribution in [0.3, 0.4) is 0 Å². The highest BCUT2D eigenvalue weighted by Crippen LogP contribution is 2.23. The fraction of sp³-hybridized carbons (Fsp3) is 0.250. The zero-order valence-electron chi connectivity index (χ0n) is 15.7. The molecule has 142 valence electrons. The molecule has 0 saturated carbocycles. The summed E-state index contributed by atoms with van der Waals surface area (Å²) in [5.74, 6) is -0.459. The summed E-state index contributed by atoms with van der Waals surface area (Å²) >= 11 is 0. The van der Waals surface area contributed by atoms with Gasteiger partial charge in [-0.05, 0) is 42.8 Å². The molecule has 2 aromatic carbocycles. The Hall–Kier alpha value is -3.35. The second-order valence-corrected chi connectivity index (χ2v) is 6.04. The first kappa shape index (κ1) is 20.0. The number of hydrogen-bond acceptors (Lipinski definition) is 4. The largest absolute Gasteiger partial charge is 0.376 e. The van der Waals surface area contributed by atoms with Crippen molar-refractivity contribution in [3.05, 3.63) is 48.0 Å². The molecule has 2 rings (SSSR count). The summed E-state index contributed by atoms with van der Waals surface area (Å²) in [6.45, 7) is 5.12. The summed E-state index contributed by atoms with van der Waals surface area (Å²) in [6.07, 6.45) is 0.386. The van der Waals surface area contributed by atoms with E-state index in [4.69, 9.17) is 0 Å². The Morgan fingerprint density at radius 1 is 0.852 bits per heavy atom. The lowest BCUT2D eigenvalue weighted by Crippen LogP contribution is -2.22. The molecule has 27 heavy (non-hydrogen) atoms. The highest BCUT2D eigenvalue weighted by atomic mass is 16.2. The van der Waals surface area contributed by atoms with Gasteiger partial charge in [0.25, 0.3) is 0 Å². The van der Waals surface area contributed by atoms with Crippen LogP contribution in [-0.4, -0.2) is 24.3 Å². The van der Waals surface area contributed by atoms with Crippen LogP contribution in [0.2, 0.25) is 0 Å². The third-order valence-electron chi connectivity index (χ3n) is 3.84. The number of carbonyl (C=O) groups excluding carboxylic acids is 3. The average Bonchev–Trinajstić information content (AvgIpc) is 2.63. The highest BCUT2D eigenvalue weighted by Gasteiger charge is 2.09. The zero-order chi connectivity index (χ0) is 19.8. The lowest BCUT2D eigenvalue weighted by Gasteiger charge is -2.14. The molecule has 0 radical (unpaired) electrons. The molecule has 0 bridgehead atoms. The summed E-state index contributed by atoms with van der Waals surface area (Å²) in [5, 5.41) is 11.4. The van der Waals surface area contributed by atoms with Crippen LogP contribution in [0, 0.1) is 6.92 Å². The third-order valence-corrected chi connectivity index (χ3v) is 3.84. The number of rotatable bonds is 7. The number of nitrogens with one attached hydrogen (secondary N) is 4. The van der Waals surface area contributed by atoms with Crippen LogP contribution in [0.4, 0.5) is 22.7 Å². The van der Waals surface area contributed by atoms with Gasteiger partial charge in [-0.25, -0.2) is 0 Å². The fourth-order valence-corrected chi connectivity index (χ4v) is 2.43. The summed E-state index contributed by atoms with van der Waals surface area (Å²) in [5.41, 5.74) is 3.49. The molecule has 3 amide bonds. The minimum Gasteiger partial charge on any atom is -0.376 e. The van der Waals surface area contributed by atoms with Gasteiger partial charge in [0.15, 0.2) is 0 Å². The topological polar surface area (TPSA) is 99.3 Å². The normalized spacial score (nSPS) is 10.0. The maximum atomic E-state index is 12.3. The Kier molecular flexibility index (Phi) is 6.93. The van der Waals surface area contributed by atoms with Gasteiger partial charge in [-0.3, -0.25) is 14.4 Å². The van der Waals surface area contributed by atoms with Crippen molar-refractivity contribution in [1.82, 2.24) is 0 Å². The van der Waals surface area contributed by atoms with Crippen LogP contribution in [-0.2, 0) is 14.4 Å². The Bertz CT molecular complexity index is 849. The molecule has 0 saturated heterocycles. The zero-order valence-corrected chi connectivity index (χ0v) is 15.7. The lowest BCUT2D eigenvalue weighted by atomic mass is 10.1. The maximum absolute atomic E-state index is 12.3. The summed E-state index contributed by atoms with van der Waals surface area (Å²) in [7, 11) is 0. The number of anilines is 4. The van der Waals surface area contributed by atoms with Crippen LogP contribution in [0.15, 0.2) is 42.5 Å². The Balaban J connectivity index is 1.97. The van der Waals surface area contributed by atoms with E-state index in [9.17, 15) is 14.4 Å². The van der Waals surface area contributed by atoms with Crippen LogP contribution < -0.4 is 21.3 Å². The van der Waals surface area contributed by atoms with E-state index >= 15 is 0 Å². The molecule has 0 fully saturated rings.